The molecule has 0 heterocycles. The molecule has 0 aliphatic heterocycles. The van der Waals surface area contributed by atoms with Crippen molar-refractivity contribution in [3.8, 4) is 0 Å². The molecule has 1 aromatic carbocycles. The first kappa shape index (κ1) is 16.3. The van der Waals surface area contributed by atoms with Gasteiger partial charge in [-0.2, -0.15) is 0 Å². The zero-order valence-electron chi connectivity index (χ0n) is 8.84. The highest BCUT2D eigenvalue weighted by Crippen LogP contribution is 2.68. The zero-order valence-corrected chi connectivity index (χ0v) is 12.8. The van der Waals surface area contributed by atoms with E-state index in [0.717, 1.165) is 0 Å². The zero-order chi connectivity index (χ0) is 14.2. The largest absolute Gasteiger partial charge is 0.369 e. The summed E-state index contributed by atoms with van der Waals surface area (Å²) in [6.45, 7) is 0. The van der Waals surface area contributed by atoms with Gasteiger partial charge < -0.3 is 24.7 Å². The lowest BCUT2D eigenvalue weighted by atomic mass is 10.2. The summed E-state index contributed by atoms with van der Waals surface area (Å²) in [5, 5.41) is 6.30. The first-order chi connectivity index (χ1) is 7.97. The molecule has 102 valence electrons. The van der Waals surface area contributed by atoms with Gasteiger partial charge in [0.2, 0.25) is 0 Å². The highest BCUT2D eigenvalue weighted by Gasteiger charge is 2.59. The van der Waals surface area contributed by atoms with Crippen molar-refractivity contribution in [3.63, 3.8) is 0 Å². The lowest BCUT2D eigenvalue weighted by molar-refractivity contribution is 0.131. The fourth-order valence-corrected chi connectivity index (χ4v) is 4.04. The summed E-state index contributed by atoms with van der Waals surface area (Å²) in [7, 11) is -10.8. The van der Waals surface area contributed by atoms with Gasteiger partial charge in [-0.3, -0.25) is 9.13 Å². The molecule has 1 rings (SSSR count). The van der Waals surface area contributed by atoms with E-state index >= 15 is 0 Å². The molecule has 0 saturated carbocycles. The van der Waals surface area contributed by atoms with Gasteiger partial charge in [0.25, 0.3) is 5.08 Å². The third kappa shape index (κ3) is 3.40. The second-order valence-electron chi connectivity index (χ2n) is 3.67. The molecule has 0 radical (unpaired) electrons. The van der Waals surface area contributed by atoms with Gasteiger partial charge in [-0.15, -0.1) is 0 Å². The summed E-state index contributed by atoms with van der Waals surface area (Å²) < 4.78 is 23.0. The Morgan fingerprint density at radius 2 is 1.61 bits per heavy atom. The normalized spacial score (nSPS) is 13.7. The van der Waals surface area contributed by atoms with Crippen molar-refractivity contribution in [2.24, 2.45) is 0 Å². The molecule has 10 heteroatoms. The number of hydrogen-bond acceptors (Lipinski definition) is 3. The van der Waals surface area contributed by atoms with E-state index in [9.17, 15) is 14.2 Å². The number of hydrogen-bond donors (Lipinski definition) is 5. The molecule has 0 bridgehead atoms. The van der Waals surface area contributed by atoms with Crippen molar-refractivity contribution in [1.82, 2.24) is 0 Å². The highest BCUT2D eigenvalue weighted by atomic mass is 125. The van der Waals surface area contributed by atoms with Crippen molar-refractivity contribution < 1.29 is 33.8 Å². The van der Waals surface area contributed by atoms with Crippen LogP contribution in [0.15, 0.2) is 24.3 Å². The van der Waals surface area contributed by atoms with Crippen LogP contribution in [-0.2, 0) is 15.6 Å². The van der Waals surface area contributed by atoms with Crippen LogP contribution in [0.1, 0.15) is 5.56 Å². The summed E-state index contributed by atoms with van der Waals surface area (Å²) in [5.74, 6) is 0. The summed E-state index contributed by atoms with van der Waals surface area (Å²) in [6, 6.07) is 6.13. The van der Waals surface area contributed by atoms with E-state index in [0.29, 0.717) is 3.57 Å². The number of aliphatic hydroxyl groups is 1. The maximum absolute atomic E-state index is 11.1. The van der Waals surface area contributed by atoms with Gasteiger partial charge in [0, 0.05) is 9.99 Å². The maximum atomic E-state index is 11.1. The Balaban J connectivity index is 3.25. The first-order valence-electron chi connectivity index (χ1n) is 4.55. The molecular weight excluding hydrogens is 395 g/mol. The lowest BCUT2D eigenvalue weighted by Gasteiger charge is -2.29. The van der Waals surface area contributed by atoms with Gasteiger partial charge in [0.05, 0.1) is 0 Å². The fourth-order valence-electron chi connectivity index (χ4n) is 1.30. The average molecular weight is 406 g/mol. The fraction of sp³-hybridized carbons (Fsp3) is 0.250. The van der Waals surface area contributed by atoms with Crippen LogP contribution in [-0.4, -0.2) is 29.8 Å². The molecule has 5 N–H and O–H groups in total. The molecule has 0 atom stereocenters. The molecule has 0 saturated heterocycles. The van der Waals surface area contributed by atoms with E-state index in [4.69, 9.17) is 19.6 Å². The van der Waals surface area contributed by atoms with Crippen LogP contribution < -0.4 is 0 Å². The topological polar surface area (TPSA) is 135 Å². The molecule has 0 spiro atoms. The Morgan fingerprint density at radius 3 is 2.00 bits per heavy atom. The van der Waals surface area contributed by atoms with Crippen LogP contribution in [0.4, 0.5) is 0 Å². The van der Waals surface area contributed by atoms with Crippen LogP contribution in [0.2, 0.25) is 0 Å². The third-order valence-corrected chi connectivity index (χ3v) is 6.68. The Morgan fingerprint density at radius 1 is 1.11 bits per heavy atom. The van der Waals surface area contributed by atoms with E-state index in [1.807, 2.05) is 22.6 Å². The van der Waals surface area contributed by atoms with E-state index in [-0.39, 0.29) is 5.56 Å². The molecule has 0 aliphatic carbocycles. The molecule has 0 unspecified atom stereocenters. The van der Waals surface area contributed by atoms with E-state index < -0.39 is 26.7 Å². The second-order valence-corrected chi connectivity index (χ2v) is 8.92. The van der Waals surface area contributed by atoms with E-state index in [1.165, 1.54) is 12.1 Å². The monoisotopic (exact) mass is 406 g/mol. The van der Waals surface area contributed by atoms with Gasteiger partial charge in [-0.05, 0) is 40.3 Å². The second kappa shape index (κ2) is 5.30. The minimum Gasteiger partial charge on any atom is -0.367 e. The Bertz CT molecular complexity index is 512. The predicted octanol–water partition coefficient (Wildman–Crippen LogP) is 0.835. The van der Waals surface area contributed by atoms with Crippen LogP contribution in [0.3, 0.4) is 0 Å². The van der Waals surface area contributed by atoms with Crippen molar-refractivity contribution >= 4 is 37.8 Å². The minimum atomic E-state index is -5.40. The van der Waals surface area contributed by atoms with Crippen molar-refractivity contribution in [2.45, 2.75) is 11.5 Å². The molecule has 18 heavy (non-hydrogen) atoms. The van der Waals surface area contributed by atoms with Crippen LogP contribution in [0, 0.1) is 3.57 Å². The molecule has 0 amide bonds. The Kier molecular flexibility index (Phi) is 4.79. The van der Waals surface area contributed by atoms with E-state index in [1.54, 1.807) is 12.1 Å². The maximum Gasteiger partial charge on any atom is 0.369 e. The molecular formula is C8H11IO7P2. The van der Waals surface area contributed by atoms with Crippen LogP contribution in [0.5, 0.6) is 0 Å². The quantitative estimate of drug-likeness (QED) is 0.369. The Hall–Kier alpha value is 0.210. The van der Waals surface area contributed by atoms with Gasteiger partial charge in [0.1, 0.15) is 0 Å². The molecule has 0 aromatic heterocycles. The van der Waals surface area contributed by atoms with Crippen molar-refractivity contribution in [2.75, 3.05) is 0 Å². The predicted molar refractivity (Wildman–Crippen MR) is 71.9 cm³/mol. The third-order valence-electron chi connectivity index (χ3n) is 2.26. The smallest absolute Gasteiger partial charge is 0.367 e. The molecule has 0 fully saturated rings. The number of rotatable bonds is 4. The average Bonchev–Trinajstić information content (AvgIpc) is 2.13. The Labute approximate surface area is 116 Å². The number of benzene rings is 1. The molecule has 7 nitrogen and oxygen atoms in total. The summed E-state index contributed by atoms with van der Waals surface area (Å²) in [4.78, 5) is 35.9. The van der Waals surface area contributed by atoms with Gasteiger partial charge in [-0.1, -0.05) is 12.1 Å². The van der Waals surface area contributed by atoms with Crippen molar-refractivity contribution in [3.05, 3.63) is 33.4 Å². The highest BCUT2D eigenvalue weighted by molar-refractivity contribution is 14.1. The minimum absolute atomic E-state index is 0.219. The lowest BCUT2D eigenvalue weighted by Crippen LogP contribution is -2.31. The number of halogens is 1. The first-order valence-corrected chi connectivity index (χ1v) is 8.86. The molecule has 0 aliphatic rings. The van der Waals surface area contributed by atoms with E-state index in [2.05, 4.69) is 0 Å². The SMILES string of the molecule is O=P(O)(O)C(O)(Cc1cccc([125I])c1)P(=O)(O)O. The standard InChI is InChI=1S/C8H11IO7P2/c9-7-3-1-2-6(4-7)5-8(10,17(11,12)13)18(14,15)16/h1-4,10H,5H2,(H2,11,12,13)(H2,14,15,16)/i9-2. The van der Waals surface area contributed by atoms with Gasteiger partial charge >= 0.3 is 15.2 Å². The van der Waals surface area contributed by atoms with Crippen LogP contribution in [0.25, 0.3) is 0 Å². The summed E-state index contributed by atoms with van der Waals surface area (Å²) in [5.41, 5.74) is 0.219. The summed E-state index contributed by atoms with van der Waals surface area (Å²) >= 11 is 1.93. The van der Waals surface area contributed by atoms with Crippen LogP contribution >= 0.6 is 37.8 Å². The van der Waals surface area contributed by atoms with Gasteiger partial charge in [0.15, 0.2) is 0 Å². The molecule has 1 aromatic rings. The van der Waals surface area contributed by atoms with Crippen molar-refractivity contribution in [1.29, 1.82) is 0 Å². The van der Waals surface area contributed by atoms with Gasteiger partial charge in [-0.25, -0.2) is 0 Å². The summed E-state index contributed by atoms with van der Waals surface area (Å²) in [6.07, 6.45) is -0.835.